The van der Waals surface area contributed by atoms with Crippen molar-refractivity contribution in [2.75, 3.05) is 31.1 Å². The lowest BCUT2D eigenvalue weighted by Gasteiger charge is -2.35. The number of hydrogen-bond donors (Lipinski definition) is 0. The third kappa shape index (κ3) is 5.71. The fourth-order valence-electron chi connectivity index (χ4n) is 4.60. The van der Waals surface area contributed by atoms with Crippen molar-refractivity contribution in [3.05, 3.63) is 84.1 Å². The van der Waals surface area contributed by atoms with E-state index in [9.17, 15) is 4.79 Å². The van der Waals surface area contributed by atoms with Crippen LogP contribution in [0, 0.1) is 6.92 Å². The van der Waals surface area contributed by atoms with Crippen molar-refractivity contribution in [2.24, 2.45) is 0 Å². The Bertz CT molecular complexity index is 1290. The van der Waals surface area contributed by atoms with Crippen molar-refractivity contribution in [3.63, 3.8) is 0 Å². The Morgan fingerprint density at radius 2 is 1.54 bits per heavy atom. The molecule has 0 unspecified atom stereocenters. The third-order valence-corrected chi connectivity index (χ3v) is 6.64. The average molecular weight is 496 g/mol. The lowest BCUT2D eigenvalue weighted by atomic mass is 10.1. The fraction of sp³-hybridized carbons (Fsp3) is 0.333. The van der Waals surface area contributed by atoms with E-state index < -0.39 is 0 Å². The minimum absolute atomic E-state index is 0.127. The molecule has 37 heavy (non-hydrogen) atoms. The molecule has 190 valence electrons. The zero-order chi connectivity index (χ0) is 25.8. The molecule has 1 aliphatic heterocycles. The first-order valence-electron chi connectivity index (χ1n) is 13.0. The monoisotopic (exact) mass is 495 g/mol. The molecule has 7 heteroatoms. The highest BCUT2D eigenvalue weighted by atomic mass is 16.4. The van der Waals surface area contributed by atoms with Crippen LogP contribution in [0.1, 0.15) is 43.6 Å². The number of hydrogen-bond acceptors (Lipinski definition) is 6. The molecular formula is C30H33N5O2. The molecule has 1 amide bonds. The van der Waals surface area contributed by atoms with Crippen molar-refractivity contribution in [3.8, 4) is 22.6 Å². The number of benzene rings is 2. The molecule has 0 aliphatic carbocycles. The van der Waals surface area contributed by atoms with Crippen molar-refractivity contribution in [1.82, 2.24) is 19.9 Å². The maximum atomic E-state index is 13.1. The Morgan fingerprint density at radius 3 is 2.19 bits per heavy atom. The molecule has 1 saturated heterocycles. The highest BCUT2D eigenvalue weighted by molar-refractivity contribution is 5.78. The van der Waals surface area contributed by atoms with Gasteiger partial charge in [0.1, 0.15) is 17.3 Å². The van der Waals surface area contributed by atoms with E-state index in [-0.39, 0.29) is 11.8 Å². The Morgan fingerprint density at radius 1 is 0.892 bits per heavy atom. The van der Waals surface area contributed by atoms with Crippen molar-refractivity contribution in [2.45, 2.75) is 39.5 Å². The molecule has 0 bridgehead atoms. The van der Waals surface area contributed by atoms with Crippen molar-refractivity contribution < 1.29 is 9.21 Å². The predicted molar refractivity (Wildman–Crippen MR) is 145 cm³/mol. The molecule has 3 heterocycles. The molecule has 5 rings (SSSR count). The second kappa shape index (κ2) is 10.9. The fourth-order valence-corrected chi connectivity index (χ4v) is 4.60. The number of nitrogens with zero attached hydrogens (tertiary/aromatic N) is 5. The summed E-state index contributed by atoms with van der Waals surface area (Å²) in [7, 11) is 0. The Balaban J connectivity index is 1.23. The average Bonchev–Trinajstić information content (AvgIpc) is 3.37. The van der Waals surface area contributed by atoms with Gasteiger partial charge in [0, 0.05) is 67.8 Å². The van der Waals surface area contributed by atoms with Gasteiger partial charge in [-0.15, -0.1) is 0 Å². The van der Waals surface area contributed by atoms with Crippen LogP contribution in [0.15, 0.2) is 71.1 Å². The van der Waals surface area contributed by atoms with E-state index in [0.717, 1.165) is 53.0 Å². The van der Waals surface area contributed by atoms with Gasteiger partial charge in [-0.1, -0.05) is 74.5 Å². The van der Waals surface area contributed by atoms with Gasteiger partial charge in [0.25, 0.3) is 0 Å². The summed E-state index contributed by atoms with van der Waals surface area (Å²) < 4.78 is 6.21. The van der Waals surface area contributed by atoms with E-state index in [1.165, 1.54) is 0 Å². The van der Waals surface area contributed by atoms with E-state index in [0.29, 0.717) is 31.8 Å². The number of oxazole rings is 1. The predicted octanol–water partition coefficient (Wildman–Crippen LogP) is 5.51. The number of carbonyl (C=O) groups is 1. The van der Waals surface area contributed by atoms with Gasteiger partial charge in [-0.05, 0) is 6.92 Å². The lowest BCUT2D eigenvalue weighted by molar-refractivity contribution is -0.131. The van der Waals surface area contributed by atoms with Gasteiger partial charge < -0.3 is 14.2 Å². The maximum Gasteiger partial charge on any atom is 0.223 e. The summed E-state index contributed by atoms with van der Waals surface area (Å²) in [6.07, 6.45) is 0.835. The molecule has 7 nitrogen and oxygen atoms in total. The number of amides is 1. The SMILES string of the molecule is Cc1cc(N2CCN(C(=O)CCc3nc(-c4ccccc4)c(-c4ccccc4)o3)CC2)nc(C(C)C)n1. The summed E-state index contributed by atoms with van der Waals surface area (Å²) in [6.45, 7) is 9.09. The minimum atomic E-state index is 0.127. The highest BCUT2D eigenvalue weighted by Crippen LogP contribution is 2.33. The zero-order valence-electron chi connectivity index (χ0n) is 21.7. The molecule has 4 aromatic rings. The zero-order valence-corrected chi connectivity index (χ0v) is 21.7. The van der Waals surface area contributed by atoms with Gasteiger partial charge >= 0.3 is 0 Å². The van der Waals surface area contributed by atoms with Crippen LogP contribution >= 0.6 is 0 Å². The summed E-state index contributed by atoms with van der Waals surface area (Å²) >= 11 is 0. The number of anilines is 1. The molecule has 0 spiro atoms. The summed E-state index contributed by atoms with van der Waals surface area (Å²) in [6, 6.07) is 22.1. The number of aryl methyl sites for hydroxylation is 2. The lowest BCUT2D eigenvalue weighted by Crippen LogP contribution is -2.49. The van der Waals surface area contributed by atoms with Crippen LogP contribution in [-0.4, -0.2) is 51.9 Å². The molecule has 2 aromatic heterocycles. The number of rotatable bonds is 7. The molecule has 2 aromatic carbocycles. The van der Waals surface area contributed by atoms with Crippen LogP contribution in [0.2, 0.25) is 0 Å². The molecule has 0 saturated carbocycles. The van der Waals surface area contributed by atoms with E-state index in [1.54, 1.807) is 0 Å². The van der Waals surface area contributed by atoms with Crippen LogP contribution in [0.3, 0.4) is 0 Å². The Labute approximate surface area is 218 Å². The molecule has 0 radical (unpaired) electrons. The van der Waals surface area contributed by atoms with Gasteiger partial charge in [-0.3, -0.25) is 4.79 Å². The molecule has 0 N–H and O–H groups in total. The largest absolute Gasteiger partial charge is 0.440 e. The molecule has 1 aliphatic rings. The van der Waals surface area contributed by atoms with Crippen molar-refractivity contribution >= 4 is 11.7 Å². The van der Waals surface area contributed by atoms with Gasteiger partial charge in [0.15, 0.2) is 11.7 Å². The first-order valence-corrected chi connectivity index (χ1v) is 13.0. The van der Waals surface area contributed by atoms with Crippen LogP contribution in [0.5, 0.6) is 0 Å². The van der Waals surface area contributed by atoms with E-state index in [1.807, 2.05) is 78.6 Å². The normalized spacial score (nSPS) is 13.8. The van der Waals surface area contributed by atoms with Crippen molar-refractivity contribution in [1.29, 1.82) is 0 Å². The Hall–Kier alpha value is -4.00. The van der Waals surface area contributed by atoms with Crippen LogP contribution in [0.25, 0.3) is 22.6 Å². The second-order valence-electron chi connectivity index (χ2n) is 9.77. The number of aromatic nitrogens is 3. The third-order valence-electron chi connectivity index (χ3n) is 6.64. The van der Waals surface area contributed by atoms with Gasteiger partial charge in [-0.25, -0.2) is 15.0 Å². The van der Waals surface area contributed by atoms with Crippen LogP contribution in [0.4, 0.5) is 5.82 Å². The van der Waals surface area contributed by atoms with E-state index in [2.05, 4.69) is 23.7 Å². The minimum Gasteiger partial charge on any atom is -0.440 e. The summed E-state index contributed by atoms with van der Waals surface area (Å²) in [4.78, 5) is 31.3. The van der Waals surface area contributed by atoms with Crippen LogP contribution < -0.4 is 4.90 Å². The van der Waals surface area contributed by atoms with E-state index >= 15 is 0 Å². The smallest absolute Gasteiger partial charge is 0.223 e. The topological polar surface area (TPSA) is 75.4 Å². The first-order chi connectivity index (χ1) is 18.0. The first kappa shape index (κ1) is 24.7. The van der Waals surface area contributed by atoms with Crippen LogP contribution in [-0.2, 0) is 11.2 Å². The van der Waals surface area contributed by atoms with Gasteiger partial charge in [-0.2, -0.15) is 0 Å². The molecule has 0 atom stereocenters. The molecular weight excluding hydrogens is 462 g/mol. The number of carbonyl (C=O) groups excluding carboxylic acids is 1. The summed E-state index contributed by atoms with van der Waals surface area (Å²) in [5.74, 6) is 3.55. The number of piperazine rings is 1. The standard InChI is InChI=1S/C30H33N5O2/c1-21(2)30-31-22(3)20-25(32-30)34-16-18-35(19-17-34)27(36)15-14-26-33-28(23-10-6-4-7-11-23)29(37-26)24-12-8-5-9-13-24/h4-13,20-21H,14-19H2,1-3H3. The second-order valence-corrected chi connectivity index (χ2v) is 9.77. The summed E-state index contributed by atoms with van der Waals surface area (Å²) in [5, 5.41) is 0. The molecule has 1 fully saturated rings. The van der Waals surface area contributed by atoms with Gasteiger partial charge in [0.05, 0.1) is 0 Å². The Kier molecular flexibility index (Phi) is 7.30. The maximum absolute atomic E-state index is 13.1. The quantitative estimate of drug-likeness (QED) is 0.336. The van der Waals surface area contributed by atoms with E-state index in [4.69, 9.17) is 14.4 Å². The highest BCUT2D eigenvalue weighted by Gasteiger charge is 2.24. The summed E-state index contributed by atoms with van der Waals surface area (Å²) in [5.41, 5.74) is 3.76. The van der Waals surface area contributed by atoms with Gasteiger partial charge in [0.2, 0.25) is 5.91 Å².